The van der Waals surface area contributed by atoms with Crippen LogP contribution in [0.3, 0.4) is 0 Å². The van der Waals surface area contributed by atoms with Crippen molar-refractivity contribution >= 4 is 29.0 Å². The van der Waals surface area contributed by atoms with E-state index < -0.39 is 0 Å². The normalized spacial score (nSPS) is 10.2. The third-order valence-electron chi connectivity index (χ3n) is 2.40. The fourth-order valence-corrected chi connectivity index (χ4v) is 1.95. The second-order valence-corrected chi connectivity index (χ2v) is 4.59. The van der Waals surface area contributed by atoms with Crippen LogP contribution < -0.4 is 4.74 Å². The summed E-state index contributed by atoms with van der Waals surface area (Å²) >= 11 is 12.2. The van der Waals surface area contributed by atoms with Gasteiger partial charge in [-0.2, -0.15) is 0 Å². The number of benzene rings is 1. The number of halogens is 2. The predicted octanol–water partition coefficient (Wildman–Crippen LogP) is 4.93. The third-order valence-corrected chi connectivity index (χ3v) is 3.27. The quantitative estimate of drug-likeness (QED) is 0.404. The third kappa shape index (κ3) is 3.76. The Balaban J connectivity index is 2.90. The van der Waals surface area contributed by atoms with Crippen LogP contribution in [0.15, 0.2) is 24.8 Å². The first-order valence-electron chi connectivity index (χ1n) is 5.86. The van der Waals surface area contributed by atoms with Crippen LogP contribution in [0.1, 0.15) is 36.5 Å². The second-order valence-electron chi connectivity index (χ2n) is 3.84. The molecule has 0 spiro atoms. The molecule has 1 aromatic rings. The molecule has 0 aromatic heterocycles. The smallest absolute Gasteiger partial charge is 0.164 e. The van der Waals surface area contributed by atoms with Crippen LogP contribution in [-0.2, 0) is 0 Å². The minimum absolute atomic E-state index is 0.00189. The lowest BCUT2D eigenvalue weighted by Crippen LogP contribution is -2.02. The van der Waals surface area contributed by atoms with Gasteiger partial charge in [-0.05, 0) is 25.0 Å². The highest BCUT2D eigenvalue weighted by molar-refractivity contribution is 6.44. The van der Waals surface area contributed by atoms with Gasteiger partial charge in [-0.3, -0.25) is 4.79 Å². The molecule has 0 atom stereocenters. The van der Waals surface area contributed by atoms with Crippen molar-refractivity contribution in [3.63, 3.8) is 0 Å². The number of Topliss-reactive ketones (excluding diaryl/α,β-unsaturated/α-hetero) is 1. The van der Waals surface area contributed by atoms with E-state index in [0.717, 1.165) is 12.8 Å². The molecule has 0 saturated carbocycles. The van der Waals surface area contributed by atoms with Gasteiger partial charge in [-0.25, -0.2) is 0 Å². The van der Waals surface area contributed by atoms with Gasteiger partial charge in [0.05, 0.1) is 11.6 Å². The van der Waals surface area contributed by atoms with Crippen molar-refractivity contribution in [2.45, 2.75) is 26.2 Å². The van der Waals surface area contributed by atoms with E-state index in [-0.39, 0.29) is 10.8 Å². The lowest BCUT2D eigenvalue weighted by molar-refractivity contribution is 0.0982. The Morgan fingerprint density at radius 3 is 2.72 bits per heavy atom. The largest absolute Gasteiger partial charge is 0.492 e. The van der Waals surface area contributed by atoms with Crippen LogP contribution in [0, 0.1) is 0 Å². The molecule has 0 unspecified atom stereocenters. The monoisotopic (exact) mass is 286 g/mol. The molecule has 98 valence electrons. The predicted molar refractivity (Wildman–Crippen MR) is 76.0 cm³/mol. The van der Waals surface area contributed by atoms with Crippen LogP contribution in [0.2, 0.25) is 10.0 Å². The summed E-state index contributed by atoms with van der Waals surface area (Å²) in [6.07, 6.45) is 3.73. The zero-order chi connectivity index (χ0) is 13.5. The van der Waals surface area contributed by atoms with E-state index in [1.807, 2.05) is 6.92 Å². The van der Waals surface area contributed by atoms with E-state index in [4.69, 9.17) is 27.9 Å². The van der Waals surface area contributed by atoms with Crippen LogP contribution in [0.5, 0.6) is 5.75 Å². The number of carbonyl (C=O) groups excluding carboxylic acids is 1. The highest BCUT2D eigenvalue weighted by Gasteiger charge is 2.15. The minimum Gasteiger partial charge on any atom is -0.492 e. The van der Waals surface area contributed by atoms with Gasteiger partial charge in [0, 0.05) is 12.0 Å². The van der Waals surface area contributed by atoms with Gasteiger partial charge in [0.25, 0.3) is 0 Å². The Morgan fingerprint density at radius 2 is 2.11 bits per heavy atom. The number of rotatable bonds is 7. The maximum Gasteiger partial charge on any atom is 0.164 e. The molecule has 0 fully saturated rings. The summed E-state index contributed by atoms with van der Waals surface area (Å²) in [6.45, 7) is 6.04. The Bertz CT molecular complexity index is 442. The average Bonchev–Trinajstić information content (AvgIpc) is 2.35. The first-order valence-corrected chi connectivity index (χ1v) is 6.62. The standard InChI is InChI=1S/C14H16Cl2O2/c1-3-5-9-18-12-8-7-10(11(17)6-4-2)13(15)14(12)16/h3,7-8H,1,4-6,9H2,2H3. The summed E-state index contributed by atoms with van der Waals surface area (Å²) in [5, 5.41) is 0.564. The number of hydrogen-bond acceptors (Lipinski definition) is 2. The molecule has 0 aliphatic carbocycles. The molecule has 0 saturated heterocycles. The van der Waals surface area contributed by atoms with Gasteiger partial charge < -0.3 is 4.74 Å². The lowest BCUT2D eigenvalue weighted by atomic mass is 10.1. The average molecular weight is 287 g/mol. The van der Waals surface area contributed by atoms with Gasteiger partial charge in [0.2, 0.25) is 0 Å². The molecule has 0 bridgehead atoms. The molecule has 18 heavy (non-hydrogen) atoms. The van der Waals surface area contributed by atoms with E-state index in [2.05, 4.69) is 6.58 Å². The van der Waals surface area contributed by atoms with Crippen molar-refractivity contribution in [2.75, 3.05) is 6.61 Å². The summed E-state index contributed by atoms with van der Waals surface area (Å²) in [5.74, 6) is 0.499. The highest BCUT2D eigenvalue weighted by Crippen LogP contribution is 2.35. The van der Waals surface area contributed by atoms with Gasteiger partial charge in [0.1, 0.15) is 10.8 Å². The molecule has 0 aliphatic rings. The maximum atomic E-state index is 11.8. The van der Waals surface area contributed by atoms with Gasteiger partial charge in [-0.1, -0.05) is 36.2 Å². The molecule has 0 N–H and O–H groups in total. The lowest BCUT2D eigenvalue weighted by Gasteiger charge is -2.10. The molecular formula is C14H16Cl2O2. The highest BCUT2D eigenvalue weighted by atomic mass is 35.5. The van der Waals surface area contributed by atoms with Gasteiger partial charge >= 0.3 is 0 Å². The number of carbonyl (C=O) groups is 1. The molecular weight excluding hydrogens is 271 g/mol. The van der Waals surface area contributed by atoms with E-state index >= 15 is 0 Å². The van der Waals surface area contributed by atoms with Crippen molar-refractivity contribution in [1.29, 1.82) is 0 Å². The van der Waals surface area contributed by atoms with Crippen molar-refractivity contribution in [1.82, 2.24) is 0 Å². The first-order chi connectivity index (χ1) is 8.61. The fourth-order valence-electron chi connectivity index (χ4n) is 1.47. The van der Waals surface area contributed by atoms with Crippen LogP contribution in [0.25, 0.3) is 0 Å². The summed E-state index contributed by atoms with van der Waals surface area (Å²) in [5.41, 5.74) is 0.458. The Kier molecular flexibility index (Phi) is 6.23. The fraction of sp³-hybridized carbons (Fsp3) is 0.357. The zero-order valence-corrected chi connectivity index (χ0v) is 11.9. The van der Waals surface area contributed by atoms with Crippen molar-refractivity contribution in [3.05, 3.63) is 40.4 Å². The molecule has 1 rings (SSSR count). The molecule has 0 radical (unpaired) electrons. The van der Waals surface area contributed by atoms with Crippen LogP contribution >= 0.6 is 23.2 Å². The number of hydrogen-bond donors (Lipinski definition) is 0. The SMILES string of the molecule is C=CCCOc1ccc(C(=O)CCC)c(Cl)c1Cl. The summed E-state index contributed by atoms with van der Waals surface area (Å²) in [7, 11) is 0. The Morgan fingerprint density at radius 1 is 1.39 bits per heavy atom. The molecule has 0 aliphatic heterocycles. The van der Waals surface area contributed by atoms with Crippen molar-refractivity contribution < 1.29 is 9.53 Å². The number of ketones is 1. The molecule has 1 aromatic carbocycles. The van der Waals surface area contributed by atoms with Gasteiger partial charge in [0.15, 0.2) is 5.78 Å². The van der Waals surface area contributed by atoms with E-state index in [1.54, 1.807) is 18.2 Å². The Labute approximate surface area is 118 Å². The van der Waals surface area contributed by atoms with Crippen molar-refractivity contribution in [2.24, 2.45) is 0 Å². The van der Waals surface area contributed by atoms with E-state index in [1.165, 1.54) is 0 Å². The van der Waals surface area contributed by atoms with Crippen molar-refractivity contribution in [3.8, 4) is 5.75 Å². The molecule has 0 heterocycles. The second kappa shape index (κ2) is 7.45. The summed E-state index contributed by atoms with van der Waals surface area (Å²) in [6, 6.07) is 3.34. The Hall–Kier alpha value is -0.990. The zero-order valence-electron chi connectivity index (χ0n) is 10.3. The maximum absolute atomic E-state index is 11.8. The summed E-state index contributed by atoms with van der Waals surface area (Å²) in [4.78, 5) is 11.8. The molecule has 0 amide bonds. The number of ether oxygens (including phenoxy) is 1. The van der Waals surface area contributed by atoms with Crippen LogP contribution in [-0.4, -0.2) is 12.4 Å². The molecule has 4 heteroatoms. The topological polar surface area (TPSA) is 26.3 Å². The molecule has 2 nitrogen and oxygen atoms in total. The first kappa shape index (κ1) is 15.1. The summed E-state index contributed by atoms with van der Waals surface area (Å²) < 4.78 is 5.45. The van der Waals surface area contributed by atoms with E-state index in [9.17, 15) is 4.79 Å². The van der Waals surface area contributed by atoms with E-state index in [0.29, 0.717) is 29.4 Å². The van der Waals surface area contributed by atoms with Crippen LogP contribution in [0.4, 0.5) is 0 Å². The minimum atomic E-state index is 0.00189. The van der Waals surface area contributed by atoms with Gasteiger partial charge in [-0.15, -0.1) is 6.58 Å².